The second kappa shape index (κ2) is 5.13. The van der Waals surface area contributed by atoms with Crippen molar-refractivity contribution < 1.29 is 9.59 Å². The summed E-state index contributed by atoms with van der Waals surface area (Å²) in [7, 11) is 0. The Morgan fingerprint density at radius 3 is 1.46 bits per heavy atom. The number of amides is 2. The summed E-state index contributed by atoms with van der Waals surface area (Å²) in [6.07, 6.45) is 3.36. The molecule has 0 aromatic heterocycles. The van der Waals surface area contributed by atoms with Crippen molar-refractivity contribution in [3.05, 3.63) is 23.3 Å². The number of rotatable bonds is 4. The third kappa shape index (κ3) is 3.55. The van der Waals surface area contributed by atoms with Crippen LogP contribution in [0.1, 0.15) is 20.3 Å². The molecule has 0 bridgehead atoms. The third-order valence-corrected chi connectivity index (χ3v) is 1.71. The number of primary amides is 2. The first-order valence-corrected chi connectivity index (χ1v) is 3.92. The van der Waals surface area contributed by atoms with Crippen LogP contribution in [-0.4, -0.2) is 11.8 Å². The Kier molecular flexibility index (Phi) is 4.51. The zero-order chi connectivity index (χ0) is 10.4. The number of allylic oxidation sites excluding steroid dienone is 2. The molecule has 0 heterocycles. The number of hydrogen-bond donors (Lipinski definition) is 2. The molecular formula is C9H14N2O2. The highest BCUT2D eigenvalue weighted by atomic mass is 16.1. The molecule has 0 aromatic rings. The Labute approximate surface area is 77.3 Å². The molecule has 2 amide bonds. The average molecular weight is 182 g/mol. The van der Waals surface area contributed by atoms with Crippen LogP contribution in [-0.2, 0) is 9.59 Å². The molecule has 4 N–H and O–H groups in total. The molecule has 72 valence electrons. The molecule has 0 aliphatic heterocycles. The largest absolute Gasteiger partial charge is 0.366 e. The molecule has 0 fully saturated rings. The van der Waals surface area contributed by atoms with Gasteiger partial charge in [-0.05, 0) is 13.8 Å². The topological polar surface area (TPSA) is 86.2 Å². The quantitative estimate of drug-likeness (QED) is 0.610. The lowest BCUT2D eigenvalue weighted by molar-refractivity contribution is -0.114. The van der Waals surface area contributed by atoms with Gasteiger partial charge in [-0.3, -0.25) is 9.59 Å². The van der Waals surface area contributed by atoms with E-state index in [0.717, 1.165) is 0 Å². The van der Waals surface area contributed by atoms with Crippen LogP contribution in [0.5, 0.6) is 0 Å². The molecule has 0 spiro atoms. The van der Waals surface area contributed by atoms with Crippen molar-refractivity contribution in [3.63, 3.8) is 0 Å². The van der Waals surface area contributed by atoms with Crippen LogP contribution in [0.25, 0.3) is 0 Å². The summed E-state index contributed by atoms with van der Waals surface area (Å²) in [5.74, 6) is -1.05. The predicted octanol–water partition coefficient (Wildman–Crippen LogP) is 0.240. The van der Waals surface area contributed by atoms with Crippen LogP contribution >= 0.6 is 0 Å². The van der Waals surface area contributed by atoms with E-state index in [4.69, 9.17) is 11.5 Å². The van der Waals surface area contributed by atoms with E-state index in [0.29, 0.717) is 11.1 Å². The van der Waals surface area contributed by atoms with Gasteiger partial charge < -0.3 is 11.5 Å². The number of carbonyl (C=O) groups is 2. The minimum atomic E-state index is -0.525. The van der Waals surface area contributed by atoms with Gasteiger partial charge in [-0.2, -0.15) is 0 Å². The smallest absolute Gasteiger partial charge is 0.244 e. The molecule has 0 saturated heterocycles. The van der Waals surface area contributed by atoms with Gasteiger partial charge in [0, 0.05) is 17.6 Å². The third-order valence-electron chi connectivity index (χ3n) is 1.71. The van der Waals surface area contributed by atoms with Gasteiger partial charge in [0.2, 0.25) is 11.8 Å². The molecule has 13 heavy (non-hydrogen) atoms. The minimum Gasteiger partial charge on any atom is -0.366 e. The SMILES string of the molecule is CC=C(CC(=CC)C(N)=O)C(N)=O. The second-order valence-electron chi connectivity index (χ2n) is 2.53. The summed E-state index contributed by atoms with van der Waals surface area (Å²) in [6, 6.07) is 0. The van der Waals surface area contributed by atoms with Crippen molar-refractivity contribution >= 4 is 11.8 Å². The van der Waals surface area contributed by atoms with Crippen LogP contribution in [0.2, 0.25) is 0 Å². The summed E-state index contributed by atoms with van der Waals surface area (Å²) < 4.78 is 0. The van der Waals surface area contributed by atoms with E-state index >= 15 is 0 Å². The summed E-state index contributed by atoms with van der Waals surface area (Å²) in [6.45, 7) is 3.38. The fourth-order valence-corrected chi connectivity index (χ4v) is 0.868. The van der Waals surface area contributed by atoms with E-state index < -0.39 is 11.8 Å². The first-order valence-electron chi connectivity index (χ1n) is 3.92. The number of carbonyl (C=O) groups excluding carboxylic acids is 2. The predicted molar refractivity (Wildman–Crippen MR) is 50.5 cm³/mol. The van der Waals surface area contributed by atoms with Crippen LogP contribution in [0, 0.1) is 0 Å². The van der Waals surface area contributed by atoms with Crippen molar-refractivity contribution in [1.82, 2.24) is 0 Å². The van der Waals surface area contributed by atoms with E-state index in [1.165, 1.54) is 0 Å². The zero-order valence-corrected chi connectivity index (χ0v) is 7.83. The maximum Gasteiger partial charge on any atom is 0.244 e. The maximum absolute atomic E-state index is 10.8. The Hall–Kier alpha value is -1.58. The van der Waals surface area contributed by atoms with E-state index in [9.17, 15) is 9.59 Å². The van der Waals surface area contributed by atoms with Crippen molar-refractivity contribution in [1.29, 1.82) is 0 Å². The molecular weight excluding hydrogens is 168 g/mol. The lowest BCUT2D eigenvalue weighted by Gasteiger charge is -2.03. The Morgan fingerprint density at radius 1 is 1.00 bits per heavy atom. The molecule has 0 aromatic carbocycles. The lowest BCUT2D eigenvalue weighted by Crippen LogP contribution is -2.19. The second-order valence-corrected chi connectivity index (χ2v) is 2.53. The summed E-state index contributed by atoms with van der Waals surface area (Å²) in [5.41, 5.74) is 10.9. The van der Waals surface area contributed by atoms with Gasteiger partial charge in [0.05, 0.1) is 0 Å². The zero-order valence-electron chi connectivity index (χ0n) is 7.83. The van der Waals surface area contributed by atoms with Crippen molar-refractivity contribution in [2.24, 2.45) is 11.5 Å². The summed E-state index contributed by atoms with van der Waals surface area (Å²) >= 11 is 0. The molecule has 4 heteroatoms. The molecule has 0 rings (SSSR count). The van der Waals surface area contributed by atoms with Crippen LogP contribution in [0.4, 0.5) is 0 Å². The van der Waals surface area contributed by atoms with Gasteiger partial charge >= 0.3 is 0 Å². The van der Waals surface area contributed by atoms with Gasteiger partial charge in [0.15, 0.2) is 0 Å². The van der Waals surface area contributed by atoms with E-state index in [1.54, 1.807) is 26.0 Å². The van der Waals surface area contributed by atoms with Crippen LogP contribution in [0.15, 0.2) is 23.3 Å². The Balaban J connectivity index is 4.59. The Morgan fingerprint density at radius 2 is 1.31 bits per heavy atom. The van der Waals surface area contributed by atoms with Crippen LogP contribution in [0.3, 0.4) is 0 Å². The molecule has 4 nitrogen and oxygen atoms in total. The lowest BCUT2D eigenvalue weighted by atomic mass is 10.0. The van der Waals surface area contributed by atoms with Gasteiger partial charge in [-0.25, -0.2) is 0 Å². The van der Waals surface area contributed by atoms with Gasteiger partial charge in [-0.15, -0.1) is 0 Å². The highest BCUT2D eigenvalue weighted by molar-refractivity contribution is 5.97. The first kappa shape index (κ1) is 11.4. The van der Waals surface area contributed by atoms with Crippen molar-refractivity contribution in [2.75, 3.05) is 0 Å². The monoisotopic (exact) mass is 182 g/mol. The summed E-state index contributed by atoms with van der Waals surface area (Å²) in [5, 5.41) is 0. The Bertz CT molecular complexity index is 249. The van der Waals surface area contributed by atoms with Crippen LogP contribution < -0.4 is 11.5 Å². The van der Waals surface area contributed by atoms with Gasteiger partial charge in [0.1, 0.15) is 0 Å². The standard InChI is InChI=1S/C9H14N2O2/c1-3-6(8(10)12)5-7(4-2)9(11)13/h3-4H,5H2,1-2H3,(H2,10,12)(H2,11,13). The fraction of sp³-hybridized carbons (Fsp3) is 0.333. The van der Waals surface area contributed by atoms with Crippen molar-refractivity contribution in [2.45, 2.75) is 20.3 Å². The average Bonchev–Trinajstić information content (AvgIpc) is 2.05. The minimum absolute atomic E-state index is 0.206. The molecule has 0 aliphatic rings. The maximum atomic E-state index is 10.8. The van der Waals surface area contributed by atoms with E-state index in [1.807, 2.05) is 0 Å². The van der Waals surface area contributed by atoms with Crippen molar-refractivity contribution in [3.8, 4) is 0 Å². The van der Waals surface area contributed by atoms with Gasteiger partial charge in [-0.1, -0.05) is 12.2 Å². The van der Waals surface area contributed by atoms with E-state index in [2.05, 4.69) is 0 Å². The molecule has 0 unspecified atom stereocenters. The highest BCUT2D eigenvalue weighted by Gasteiger charge is 2.10. The molecule has 0 radical (unpaired) electrons. The summed E-state index contributed by atoms with van der Waals surface area (Å²) in [4.78, 5) is 21.6. The molecule has 0 aliphatic carbocycles. The fourth-order valence-electron chi connectivity index (χ4n) is 0.868. The van der Waals surface area contributed by atoms with Gasteiger partial charge in [0.25, 0.3) is 0 Å². The number of nitrogens with two attached hydrogens (primary N) is 2. The highest BCUT2D eigenvalue weighted by Crippen LogP contribution is 2.09. The normalized spacial score (nSPS) is 12.8. The molecule has 0 saturated carbocycles. The molecule has 0 atom stereocenters. The van der Waals surface area contributed by atoms with E-state index in [-0.39, 0.29) is 6.42 Å². The first-order chi connectivity index (χ1) is 6.02. The number of hydrogen-bond acceptors (Lipinski definition) is 2.